The summed E-state index contributed by atoms with van der Waals surface area (Å²) in [6.45, 7) is 2.15. The molecule has 0 aromatic carbocycles. The fraction of sp³-hybridized carbons (Fsp3) is 0.923. The van der Waals surface area contributed by atoms with Gasteiger partial charge in [-0.05, 0) is 62.7 Å². The molecule has 1 unspecified atom stereocenters. The number of aromatic amines is 1. The lowest BCUT2D eigenvalue weighted by Gasteiger charge is -2.55. The van der Waals surface area contributed by atoms with Gasteiger partial charge in [0, 0.05) is 6.04 Å². The molecule has 2 N–H and O–H groups in total. The Morgan fingerprint density at radius 1 is 1.11 bits per heavy atom. The van der Waals surface area contributed by atoms with E-state index in [-0.39, 0.29) is 6.04 Å². The molecule has 18 heavy (non-hydrogen) atoms. The number of hydrogen-bond acceptors (Lipinski definition) is 4. The zero-order chi connectivity index (χ0) is 12.1. The molecule has 0 amide bonds. The molecule has 1 atom stereocenters. The summed E-state index contributed by atoms with van der Waals surface area (Å²) < 4.78 is 0. The van der Waals surface area contributed by atoms with Gasteiger partial charge in [0.2, 0.25) is 0 Å². The van der Waals surface area contributed by atoms with Gasteiger partial charge in [-0.3, -0.25) is 0 Å². The van der Waals surface area contributed by atoms with Gasteiger partial charge in [0.05, 0.1) is 6.04 Å². The molecule has 5 rings (SSSR count). The smallest absolute Gasteiger partial charge is 0.191 e. The van der Waals surface area contributed by atoms with Crippen LogP contribution < -0.4 is 5.32 Å². The molecule has 5 nitrogen and oxygen atoms in total. The van der Waals surface area contributed by atoms with Crippen molar-refractivity contribution in [2.24, 2.45) is 23.7 Å². The van der Waals surface area contributed by atoms with E-state index in [0.717, 1.165) is 29.5 Å². The molecule has 4 saturated carbocycles. The zero-order valence-corrected chi connectivity index (χ0v) is 10.8. The van der Waals surface area contributed by atoms with Crippen LogP contribution in [0, 0.1) is 23.7 Å². The molecule has 98 valence electrons. The van der Waals surface area contributed by atoms with Crippen LogP contribution in [-0.2, 0) is 0 Å². The highest BCUT2D eigenvalue weighted by Crippen LogP contribution is 2.53. The standard InChI is InChI=1S/C13H21N5/c1-7(13-15-17-18-16-13)14-12-10-3-8-2-9(5-10)6-11(12)4-8/h7-12,14H,2-6H2,1H3,(H,15,16,17,18). The van der Waals surface area contributed by atoms with Crippen LogP contribution in [0.2, 0.25) is 0 Å². The molecule has 4 aliphatic carbocycles. The van der Waals surface area contributed by atoms with E-state index in [0.29, 0.717) is 6.04 Å². The summed E-state index contributed by atoms with van der Waals surface area (Å²) in [5, 5.41) is 18.2. The van der Waals surface area contributed by atoms with Gasteiger partial charge in [0.1, 0.15) is 0 Å². The van der Waals surface area contributed by atoms with Gasteiger partial charge < -0.3 is 5.32 Å². The van der Waals surface area contributed by atoms with Crippen LogP contribution in [0.3, 0.4) is 0 Å². The lowest BCUT2D eigenvalue weighted by molar-refractivity contribution is -0.0174. The van der Waals surface area contributed by atoms with Crippen molar-refractivity contribution in [2.45, 2.75) is 51.1 Å². The monoisotopic (exact) mass is 247 g/mol. The highest BCUT2D eigenvalue weighted by molar-refractivity contribution is 5.03. The highest BCUT2D eigenvalue weighted by Gasteiger charge is 2.48. The zero-order valence-electron chi connectivity index (χ0n) is 10.8. The maximum atomic E-state index is 4.09. The summed E-state index contributed by atoms with van der Waals surface area (Å²) in [7, 11) is 0. The molecule has 4 fully saturated rings. The van der Waals surface area contributed by atoms with Crippen LogP contribution in [0.5, 0.6) is 0 Å². The van der Waals surface area contributed by atoms with Crippen molar-refractivity contribution in [2.75, 3.05) is 0 Å². The second-order valence-electron chi connectivity index (χ2n) is 6.61. The molecule has 0 spiro atoms. The maximum absolute atomic E-state index is 4.09. The van der Waals surface area contributed by atoms with Crippen LogP contribution >= 0.6 is 0 Å². The second kappa shape index (κ2) is 4.02. The van der Waals surface area contributed by atoms with Gasteiger partial charge >= 0.3 is 0 Å². The van der Waals surface area contributed by atoms with Crippen molar-refractivity contribution in [3.63, 3.8) is 0 Å². The molecular weight excluding hydrogens is 226 g/mol. The Bertz CT molecular complexity index is 387. The maximum Gasteiger partial charge on any atom is 0.191 e. The molecule has 4 bridgehead atoms. The third kappa shape index (κ3) is 1.67. The average Bonchev–Trinajstić information content (AvgIpc) is 2.86. The van der Waals surface area contributed by atoms with Gasteiger partial charge in [-0.15, -0.1) is 10.2 Å². The number of hydrogen-bond donors (Lipinski definition) is 2. The molecule has 1 heterocycles. The minimum Gasteiger partial charge on any atom is -0.304 e. The van der Waals surface area contributed by atoms with Crippen molar-refractivity contribution in [3.8, 4) is 0 Å². The van der Waals surface area contributed by atoms with E-state index < -0.39 is 0 Å². The van der Waals surface area contributed by atoms with Gasteiger partial charge in [-0.25, -0.2) is 0 Å². The second-order valence-corrected chi connectivity index (χ2v) is 6.61. The van der Waals surface area contributed by atoms with Crippen molar-refractivity contribution >= 4 is 0 Å². The Balaban J connectivity index is 1.49. The van der Waals surface area contributed by atoms with Gasteiger partial charge in [0.15, 0.2) is 5.82 Å². The molecule has 0 radical (unpaired) electrons. The van der Waals surface area contributed by atoms with Crippen molar-refractivity contribution < 1.29 is 0 Å². The van der Waals surface area contributed by atoms with E-state index in [2.05, 4.69) is 32.9 Å². The largest absolute Gasteiger partial charge is 0.304 e. The number of aromatic nitrogens is 4. The Hall–Kier alpha value is -0.970. The van der Waals surface area contributed by atoms with E-state index in [1.165, 1.54) is 32.1 Å². The van der Waals surface area contributed by atoms with E-state index in [4.69, 9.17) is 0 Å². The van der Waals surface area contributed by atoms with Crippen LogP contribution in [0.1, 0.15) is 50.9 Å². The normalized spacial score (nSPS) is 43.3. The molecule has 5 heteroatoms. The summed E-state index contributed by atoms with van der Waals surface area (Å²) in [6.07, 6.45) is 7.31. The van der Waals surface area contributed by atoms with Crippen LogP contribution in [0.4, 0.5) is 0 Å². The first-order chi connectivity index (χ1) is 8.79. The lowest BCUT2D eigenvalue weighted by Crippen LogP contribution is -2.54. The van der Waals surface area contributed by atoms with E-state index in [1.54, 1.807) is 0 Å². The SMILES string of the molecule is CC(NC1C2CC3CC(C2)CC1C3)c1nn[nH]n1. The lowest BCUT2D eigenvalue weighted by atomic mass is 9.54. The first-order valence-electron chi connectivity index (χ1n) is 7.29. The topological polar surface area (TPSA) is 66.5 Å². The molecular formula is C13H21N5. The third-order valence-corrected chi connectivity index (χ3v) is 5.42. The average molecular weight is 247 g/mol. The molecule has 0 saturated heterocycles. The van der Waals surface area contributed by atoms with Crippen molar-refractivity contribution in [1.82, 2.24) is 25.9 Å². The minimum absolute atomic E-state index is 0.214. The Morgan fingerprint density at radius 2 is 1.78 bits per heavy atom. The van der Waals surface area contributed by atoms with Crippen molar-refractivity contribution in [3.05, 3.63) is 5.82 Å². The summed E-state index contributed by atoms with van der Waals surface area (Å²) in [5.74, 6) is 4.66. The fourth-order valence-corrected chi connectivity index (χ4v) is 4.91. The van der Waals surface area contributed by atoms with E-state index in [9.17, 15) is 0 Å². The van der Waals surface area contributed by atoms with Crippen LogP contribution in [0.25, 0.3) is 0 Å². The van der Waals surface area contributed by atoms with Gasteiger partial charge in [0.25, 0.3) is 0 Å². The Kier molecular flexibility index (Phi) is 2.43. The number of tetrazole rings is 1. The fourth-order valence-electron chi connectivity index (χ4n) is 4.91. The number of nitrogens with zero attached hydrogens (tertiary/aromatic N) is 3. The first kappa shape index (κ1) is 10.9. The quantitative estimate of drug-likeness (QED) is 0.852. The van der Waals surface area contributed by atoms with Crippen LogP contribution in [-0.4, -0.2) is 26.7 Å². The summed E-state index contributed by atoms with van der Waals surface area (Å²) >= 11 is 0. The first-order valence-corrected chi connectivity index (χ1v) is 7.29. The molecule has 0 aliphatic heterocycles. The van der Waals surface area contributed by atoms with Crippen molar-refractivity contribution in [1.29, 1.82) is 0 Å². The summed E-state index contributed by atoms with van der Waals surface area (Å²) in [6, 6.07) is 0.901. The molecule has 4 aliphatic rings. The summed E-state index contributed by atoms with van der Waals surface area (Å²) in [4.78, 5) is 0. The van der Waals surface area contributed by atoms with Gasteiger partial charge in [-0.2, -0.15) is 5.21 Å². The van der Waals surface area contributed by atoms with Crippen LogP contribution in [0.15, 0.2) is 0 Å². The molecule has 1 aromatic heterocycles. The van der Waals surface area contributed by atoms with Gasteiger partial charge in [-0.1, -0.05) is 5.21 Å². The molecule has 1 aromatic rings. The predicted molar refractivity (Wildman–Crippen MR) is 66.6 cm³/mol. The highest BCUT2D eigenvalue weighted by atomic mass is 15.5. The predicted octanol–water partition coefficient (Wildman–Crippen LogP) is 1.67. The Morgan fingerprint density at radius 3 is 2.33 bits per heavy atom. The minimum atomic E-state index is 0.214. The van der Waals surface area contributed by atoms with E-state index >= 15 is 0 Å². The third-order valence-electron chi connectivity index (χ3n) is 5.42. The number of nitrogens with one attached hydrogen (secondary N) is 2. The number of H-pyrrole nitrogens is 1. The Labute approximate surface area is 107 Å². The summed E-state index contributed by atoms with van der Waals surface area (Å²) in [5.41, 5.74) is 0. The number of rotatable bonds is 3. The van der Waals surface area contributed by atoms with E-state index in [1.807, 2.05) is 0 Å².